The van der Waals surface area contributed by atoms with Gasteiger partial charge in [0, 0.05) is 6.42 Å². The number of Topliss-reactive ketones (excluding diaryl/α,β-unsaturated/α-hetero) is 1. The smallest absolute Gasteiger partial charge is 0.312 e. The second-order valence-electron chi connectivity index (χ2n) is 4.37. The number of hydrogen-bond donors (Lipinski definition) is 1. The van der Waals surface area contributed by atoms with E-state index in [0.29, 0.717) is 18.1 Å². The summed E-state index contributed by atoms with van der Waals surface area (Å²) in [5, 5.41) is 0. The molecule has 1 rings (SSSR count). The fourth-order valence-corrected chi connectivity index (χ4v) is 1.37. The van der Waals surface area contributed by atoms with Crippen molar-refractivity contribution in [1.29, 1.82) is 0 Å². The number of alkyl halides is 3. The van der Waals surface area contributed by atoms with E-state index in [4.69, 9.17) is 5.73 Å². The molecule has 0 spiro atoms. The molecule has 18 heavy (non-hydrogen) atoms. The predicted octanol–water partition coefficient (Wildman–Crippen LogP) is 2.53. The van der Waals surface area contributed by atoms with Gasteiger partial charge in [-0.05, 0) is 37.1 Å². The third kappa shape index (κ3) is 2.87. The van der Waals surface area contributed by atoms with Crippen LogP contribution >= 0.6 is 0 Å². The van der Waals surface area contributed by atoms with Crippen molar-refractivity contribution in [1.82, 2.24) is 0 Å². The van der Waals surface area contributed by atoms with Gasteiger partial charge in [-0.25, -0.2) is 4.39 Å². The van der Waals surface area contributed by atoms with Crippen molar-refractivity contribution in [3.05, 3.63) is 35.1 Å². The third-order valence-electron chi connectivity index (χ3n) is 2.82. The van der Waals surface area contributed by atoms with Crippen LogP contribution in [0.4, 0.5) is 17.6 Å². The summed E-state index contributed by atoms with van der Waals surface area (Å²) in [5.41, 5.74) is 2.87. The second-order valence-corrected chi connectivity index (χ2v) is 4.37. The number of ketones is 1. The summed E-state index contributed by atoms with van der Waals surface area (Å²) in [6, 6.07) is 3.54. The van der Waals surface area contributed by atoms with E-state index in [2.05, 4.69) is 0 Å². The van der Waals surface area contributed by atoms with E-state index in [1.54, 1.807) is 0 Å². The molecule has 100 valence electrons. The van der Waals surface area contributed by atoms with E-state index in [9.17, 15) is 22.4 Å². The molecule has 0 heterocycles. The van der Waals surface area contributed by atoms with Crippen molar-refractivity contribution in [2.75, 3.05) is 0 Å². The Morgan fingerprint density at radius 3 is 2.33 bits per heavy atom. The second kappa shape index (κ2) is 4.68. The molecule has 0 fully saturated rings. The van der Waals surface area contributed by atoms with Crippen LogP contribution < -0.4 is 5.73 Å². The average Bonchev–Trinajstić information content (AvgIpc) is 2.20. The van der Waals surface area contributed by atoms with Crippen LogP contribution in [-0.4, -0.2) is 17.5 Å². The predicted molar refractivity (Wildman–Crippen MR) is 58.5 cm³/mol. The topological polar surface area (TPSA) is 43.1 Å². The molecule has 0 amide bonds. The van der Waals surface area contributed by atoms with Gasteiger partial charge in [0.1, 0.15) is 5.82 Å². The van der Waals surface area contributed by atoms with E-state index in [1.807, 2.05) is 0 Å². The first kappa shape index (κ1) is 14.6. The number of hydrogen-bond acceptors (Lipinski definition) is 2. The quantitative estimate of drug-likeness (QED) is 0.851. The summed E-state index contributed by atoms with van der Waals surface area (Å²) >= 11 is 0. The van der Waals surface area contributed by atoms with E-state index >= 15 is 0 Å². The minimum absolute atomic E-state index is 0.335. The van der Waals surface area contributed by atoms with Gasteiger partial charge in [-0.15, -0.1) is 0 Å². The van der Waals surface area contributed by atoms with Gasteiger partial charge in [0.05, 0.1) is 0 Å². The highest BCUT2D eigenvalue weighted by Gasteiger charge is 2.53. The fraction of sp³-hybridized carbons (Fsp3) is 0.417. The molecule has 1 aromatic rings. The Morgan fingerprint density at radius 2 is 1.89 bits per heavy atom. The summed E-state index contributed by atoms with van der Waals surface area (Å²) in [4.78, 5) is 11.6. The Kier molecular flexibility index (Phi) is 3.81. The first-order valence-corrected chi connectivity index (χ1v) is 5.19. The summed E-state index contributed by atoms with van der Waals surface area (Å²) in [7, 11) is 0. The standard InChI is InChI=1S/C12H13F4NO/c1-7-5-9(13)4-3-8(7)6-10(18)11(2,17)12(14,15)16/h3-5H,6,17H2,1-2H3. The first-order valence-electron chi connectivity index (χ1n) is 5.19. The molecule has 1 aromatic carbocycles. The zero-order chi connectivity index (χ0) is 14.1. The molecule has 1 atom stereocenters. The SMILES string of the molecule is Cc1cc(F)ccc1CC(=O)C(C)(N)C(F)(F)F. The zero-order valence-corrected chi connectivity index (χ0v) is 9.94. The van der Waals surface area contributed by atoms with Crippen LogP contribution in [0.1, 0.15) is 18.1 Å². The normalized spacial score (nSPS) is 15.3. The van der Waals surface area contributed by atoms with Crippen LogP contribution in [0.3, 0.4) is 0 Å². The number of carbonyl (C=O) groups is 1. The maximum Gasteiger partial charge on any atom is 0.413 e. The van der Waals surface area contributed by atoms with Crippen LogP contribution in [0.15, 0.2) is 18.2 Å². The third-order valence-corrected chi connectivity index (χ3v) is 2.82. The van der Waals surface area contributed by atoms with E-state index in [1.165, 1.54) is 13.0 Å². The maximum atomic E-state index is 12.8. The van der Waals surface area contributed by atoms with Gasteiger partial charge >= 0.3 is 6.18 Å². The van der Waals surface area contributed by atoms with Crippen LogP contribution in [-0.2, 0) is 11.2 Å². The van der Waals surface area contributed by atoms with Crippen molar-refractivity contribution in [2.45, 2.75) is 32.0 Å². The van der Waals surface area contributed by atoms with Crippen LogP contribution in [0.25, 0.3) is 0 Å². The minimum Gasteiger partial charge on any atom is -0.312 e. The monoisotopic (exact) mass is 263 g/mol. The number of halogens is 4. The van der Waals surface area contributed by atoms with Gasteiger partial charge < -0.3 is 5.73 Å². The Bertz CT molecular complexity index is 466. The minimum atomic E-state index is -4.81. The number of aryl methyl sites for hydroxylation is 1. The summed E-state index contributed by atoms with van der Waals surface area (Å²) < 4.78 is 50.5. The molecule has 0 saturated carbocycles. The van der Waals surface area contributed by atoms with Crippen molar-refractivity contribution in [3.63, 3.8) is 0 Å². The molecule has 0 aliphatic rings. The van der Waals surface area contributed by atoms with Crippen molar-refractivity contribution < 1.29 is 22.4 Å². The Hall–Kier alpha value is -1.43. The largest absolute Gasteiger partial charge is 0.413 e. The maximum absolute atomic E-state index is 12.8. The molecule has 0 bridgehead atoms. The van der Waals surface area contributed by atoms with Gasteiger partial charge in [0.25, 0.3) is 0 Å². The fourth-order valence-electron chi connectivity index (χ4n) is 1.37. The van der Waals surface area contributed by atoms with Crippen LogP contribution in [0.5, 0.6) is 0 Å². The lowest BCUT2D eigenvalue weighted by atomic mass is 9.90. The van der Waals surface area contributed by atoms with E-state index in [-0.39, 0.29) is 0 Å². The highest BCUT2D eigenvalue weighted by atomic mass is 19.4. The molecule has 2 nitrogen and oxygen atoms in total. The summed E-state index contributed by atoms with van der Waals surface area (Å²) in [6.07, 6.45) is -5.28. The number of benzene rings is 1. The number of rotatable bonds is 3. The molecule has 0 aliphatic carbocycles. The summed E-state index contributed by atoms with van der Waals surface area (Å²) in [6.45, 7) is 2.15. The van der Waals surface area contributed by atoms with Crippen molar-refractivity contribution in [3.8, 4) is 0 Å². The average molecular weight is 263 g/mol. The van der Waals surface area contributed by atoms with Gasteiger partial charge in [0.2, 0.25) is 0 Å². The molecule has 0 aliphatic heterocycles. The highest BCUT2D eigenvalue weighted by molar-refractivity contribution is 5.90. The molecule has 1 unspecified atom stereocenters. The highest BCUT2D eigenvalue weighted by Crippen LogP contribution is 2.29. The molecule has 0 radical (unpaired) electrons. The van der Waals surface area contributed by atoms with Gasteiger partial charge in [-0.2, -0.15) is 13.2 Å². The van der Waals surface area contributed by atoms with Crippen molar-refractivity contribution in [2.24, 2.45) is 5.73 Å². The Labute approximate surface area is 102 Å². The lowest BCUT2D eigenvalue weighted by Gasteiger charge is -2.26. The van der Waals surface area contributed by atoms with Gasteiger partial charge in [-0.3, -0.25) is 4.79 Å². The van der Waals surface area contributed by atoms with Gasteiger partial charge in [0.15, 0.2) is 11.3 Å². The zero-order valence-electron chi connectivity index (χ0n) is 9.94. The number of carbonyl (C=O) groups excluding carboxylic acids is 1. The first-order chi connectivity index (χ1) is 8.05. The summed E-state index contributed by atoms with van der Waals surface area (Å²) in [5.74, 6) is -1.65. The molecular weight excluding hydrogens is 250 g/mol. The number of nitrogens with two attached hydrogens (primary N) is 1. The van der Waals surface area contributed by atoms with Crippen LogP contribution in [0, 0.1) is 12.7 Å². The van der Waals surface area contributed by atoms with Crippen LogP contribution in [0.2, 0.25) is 0 Å². The molecule has 0 saturated heterocycles. The van der Waals surface area contributed by atoms with Gasteiger partial charge in [-0.1, -0.05) is 6.07 Å². The molecule has 2 N–H and O–H groups in total. The van der Waals surface area contributed by atoms with Crippen molar-refractivity contribution >= 4 is 5.78 Å². The Morgan fingerprint density at radius 1 is 1.33 bits per heavy atom. The molecule has 6 heteroatoms. The van der Waals surface area contributed by atoms with E-state index in [0.717, 1.165) is 12.1 Å². The molecular formula is C12H13F4NO. The molecule has 0 aromatic heterocycles. The van der Waals surface area contributed by atoms with E-state index < -0.39 is 29.7 Å². The lowest BCUT2D eigenvalue weighted by Crippen LogP contribution is -2.57. The lowest BCUT2D eigenvalue weighted by molar-refractivity contribution is -0.185. The Balaban J connectivity index is 2.95.